The molecule has 0 saturated carbocycles. The summed E-state index contributed by atoms with van der Waals surface area (Å²) >= 11 is 0. The molecular formula is C16H17NO3. The Bertz CT molecular complexity index is 596. The molecule has 0 saturated heterocycles. The summed E-state index contributed by atoms with van der Waals surface area (Å²) < 4.78 is 10.5. The Morgan fingerprint density at radius 2 is 1.85 bits per heavy atom. The summed E-state index contributed by atoms with van der Waals surface area (Å²) in [5.41, 5.74) is 1.25. The highest BCUT2D eigenvalue weighted by Crippen LogP contribution is 2.19. The predicted molar refractivity (Wildman–Crippen MR) is 78.6 cm³/mol. The van der Waals surface area contributed by atoms with Gasteiger partial charge in [-0.3, -0.25) is 4.79 Å². The SMILES string of the molecule is CCOc1cccc(NC(=O)c2cccc(OC)c2)c1. The first kappa shape index (κ1) is 13.9. The first-order chi connectivity index (χ1) is 9.72. The van der Waals surface area contributed by atoms with Gasteiger partial charge in [0.2, 0.25) is 0 Å². The van der Waals surface area contributed by atoms with Crippen molar-refractivity contribution >= 4 is 11.6 Å². The van der Waals surface area contributed by atoms with Gasteiger partial charge in [0.15, 0.2) is 0 Å². The molecular weight excluding hydrogens is 254 g/mol. The van der Waals surface area contributed by atoms with Crippen LogP contribution in [0.4, 0.5) is 5.69 Å². The van der Waals surface area contributed by atoms with E-state index in [4.69, 9.17) is 9.47 Å². The zero-order valence-corrected chi connectivity index (χ0v) is 11.6. The normalized spacial score (nSPS) is 9.90. The summed E-state index contributed by atoms with van der Waals surface area (Å²) in [6.07, 6.45) is 0. The zero-order chi connectivity index (χ0) is 14.4. The highest BCUT2D eigenvalue weighted by Gasteiger charge is 2.07. The average Bonchev–Trinajstić information content (AvgIpc) is 2.48. The first-order valence-electron chi connectivity index (χ1n) is 6.41. The molecule has 1 amide bonds. The number of ether oxygens (including phenoxy) is 2. The summed E-state index contributed by atoms with van der Waals surface area (Å²) in [6, 6.07) is 14.3. The lowest BCUT2D eigenvalue weighted by atomic mass is 10.2. The number of methoxy groups -OCH3 is 1. The van der Waals surface area contributed by atoms with Gasteiger partial charge in [0.1, 0.15) is 11.5 Å². The number of rotatable bonds is 5. The standard InChI is InChI=1S/C16H17NO3/c1-3-20-15-9-5-7-13(11-15)17-16(18)12-6-4-8-14(10-12)19-2/h4-11H,3H2,1-2H3,(H,17,18). The van der Waals surface area contributed by atoms with E-state index in [0.717, 1.165) is 5.75 Å². The third-order valence-electron chi connectivity index (χ3n) is 2.73. The van der Waals surface area contributed by atoms with Gasteiger partial charge in [-0.2, -0.15) is 0 Å². The van der Waals surface area contributed by atoms with Gasteiger partial charge in [-0.15, -0.1) is 0 Å². The van der Waals surface area contributed by atoms with Crippen LogP contribution in [-0.4, -0.2) is 19.6 Å². The molecule has 2 aromatic carbocycles. The molecule has 4 heteroatoms. The van der Waals surface area contributed by atoms with Crippen molar-refractivity contribution in [3.05, 3.63) is 54.1 Å². The van der Waals surface area contributed by atoms with Crippen molar-refractivity contribution in [2.45, 2.75) is 6.92 Å². The molecule has 1 N–H and O–H groups in total. The van der Waals surface area contributed by atoms with Crippen LogP contribution >= 0.6 is 0 Å². The minimum absolute atomic E-state index is 0.183. The summed E-state index contributed by atoms with van der Waals surface area (Å²) in [7, 11) is 1.57. The van der Waals surface area contributed by atoms with Crippen LogP contribution in [0.5, 0.6) is 11.5 Å². The molecule has 0 atom stereocenters. The molecule has 0 spiro atoms. The van der Waals surface area contributed by atoms with Crippen molar-refractivity contribution in [2.75, 3.05) is 19.0 Å². The fourth-order valence-electron chi connectivity index (χ4n) is 1.80. The summed E-state index contributed by atoms with van der Waals surface area (Å²) in [4.78, 5) is 12.1. The average molecular weight is 271 g/mol. The number of carbonyl (C=O) groups excluding carboxylic acids is 1. The molecule has 4 nitrogen and oxygen atoms in total. The largest absolute Gasteiger partial charge is 0.497 e. The molecule has 0 aliphatic rings. The summed E-state index contributed by atoms with van der Waals surface area (Å²) in [5, 5.41) is 2.83. The smallest absolute Gasteiger partial charge is 0.255 e. The molecule has 0 aromatic heterocycles. The maximum Gasteiger partial charge on any atom is 0.255 e. The van der Waals surface area contributed by atoms with Crippen molar-refractivity contribution in [3.63, 3.8) is 0 Å². The molecule has 0 unspecified atom stereocenters. The number of carbonyl (C=O) groups is 1. The second-order valence-electron chi connectivity index (χ2n) is 4.15. The predicted octanol–water partition coefficient (Wildman–Crippen LogP) is 3.35. The van der Waals surface area contributed by atoms with Crippen LogP contribution < -0.4 is 14.8 Å². The van der Waals surface area contributed by atoms with Gasteiger partial charge < -0.3 is 14.8 Å². The Labute approximate surface area is 118 Å². The molecule has 104 valence electrons. The van der Waals surface area contributed by atoms with E-state index in [-0.39, 0.29) is 5.91 Å². The Morgan fingerprint density at radius 1 is 1.10 bits per heavy atom. The number of amides is 1. The minimum atomic E-state index is -0.183. The molecule has 0 aliphatic carbocycles. The number of hydrogen-bond acceptors (Lipinski definition) is 3. The molecule has 2 rings (SSSR count). The van der Waals surface area contributed by atoms with Gasteiger partial charge in [0.05, 0.1) is 13.7 Å². The third-order valence-corrected chi connectivity index (χ3v) is 2.73. The zero-order valence-electron chi connectivity index (χ0n) is 11.6. The van der Waals surface area contributed by atoms with E-state index >= 15 is 0 Å². The van der Waals surface area contributed by atoms with Crippen LogP contribution in [0.3, 0.4) is 0 Å². The number of nitrogens with one attached hydrogen (secondary N) is 1. The van der Waals surface area contributed by atoms with Crippen LogP contribution in [0.15, 0.2) is 48.5 Å². The molecule has 20 heavy (non-hydrogen) atoms. The Hall–Kier alpha value is -2.49. The fourth-order valence-corrected chi connectivity index (χ4v) is 1.80. The topological polar surface area (TPSA) is 47.6 Å². The molecule has 0 radical (unpaired) electrons. The molecule has 2 aromatic rings. The molecule has 0 aliphatic heterocycles. The lowest BCUT2D eigenvalue weighted by Gasteiger charge is -2.08. The Morgan fingerprint density at radius 3 is 2.60 bits per heavy atom. The van der Waals surface area contributed by atoms with Crippen molar-refractivity contribution in [1.82, 2.24) is 0 Å². The maximum atomic E-state index is 12.1. The van der Waals surface area contributed by atoms with Gasteiger partial charge in [-0.25, -0.2) is 0 Å². The van der Waals surface area contributed by atoms with E-state index in [9.17, 15) is 4.79 Å². The van der Waals surface area contributed by atoms with Crippen LogP contribution in [0.25, 0.3) is 0 Å². The van der Waals surface area contributed by atoms with E-state index in [1.54, 1.807) is 37.4 Å². The maximum absolute atomic E-state index is 12.1. The van der Waals surface area contributed by atoms with E-state index in [2.05, 4.69) is 5.32 Å². The van der Waals surface area contributed by atoms with Crippen molar-refractivity contribution < 1.29 is 14.3 Å². The number of benzene rings is 2. The van der Waals surface area contributed by atoms with E-state index in [1.807, 2.05) is 25.1 Å². The molecule has 0 heterocycles. The van der Waals surface area contributed by atoms with Crippen LogP contribution in [0.2, 0.25) is 0 Å². The lowest BCUT2D eigenvalue weighted by molar-refractivity contribution is 0.102. The van der Waals surface area contributed by atoms with E-state index in [0.29, 0.717) is 23.6 Å². The monoisotopic (exact) mass is 271 g/mol. The lowest BCUT2D eigenvalue weighted by Crippen LogP contribution is -2.11. The number of anilines is 1. The van der Waals surface area contributed by atoms with Crippen molar-refractivity contribution in [1.29, 1.82) is 0 Å². The quantitative estimate of drug-likeness (QED) is 0.907. The van der Waals surface area contributed by atoms with Crippen molar-refractivity contribution in [3.8, 4) is 11.5 Å². The van der Waals surface area contributed by atoms with Gasteiger partial charge in [-0.05, 0) is 37.3 Å². The Balaban J connectivity index is 2.12. The molecule has 0 fully saturated rings. The van der Waals surface area contributed by atoms with Gasteiger partial charge in [-0.1, -0.05) is 12.1 Å². The molecule has 0 bridgehead atoms. The highest BCUT2D eigenvalue weighted by atomic mass is 16.5. The fraction of sp³-hybridized carbons (Fsp3) is 0.188. The number of hydrogen-bond donors (Lipinski definition) is 1. The van der Waals surface area contributed by atoms with Crippen LogP contribution in [-0.2, 0) is 0 Å². The van der Waals surface area contributed by atoms with Crippen molar-refractivity contribution in [2.24, 2.45) is 0 Å². The first-order valence-corrected chi connectivity index (χ1v) is 6.41. The summed E-state index contributed by atoms with van der Waals surface area (Å²) in [5.74, 6) is 1.20. The van der Waals surface area contributed by atoms with E-state index < -0.39 is 0 Å². The minimum Gasteiger partial charge on any atom is -0.497 e. The highest BCUT2D eigenvalue weighted by molar-refractivity contribution is 6.04. The van der Waals surface area contributed by atoms with E-state index in [1.165, 1.54) is 0 Å². The Kier molecular flexibility index (Phi) is 4.60. The van der Waals surface area contributed by atoms with Crippen LogP contribution in [0.1, 0.15) is 17.3 Å². The van der Waals surface area contributed by atoms with Gasteiger partial charge in [0.25, 0.3) is 5.91 Å². The second kappa shape index (κ2) is 6.61. The summed E-state index contributed by atoms with van der Waals surface area (Å²) in [6.45, 7) is 2.51. The second-order valence-corrected chi connectivity index (χ2v) is 4.15. The van der Waals surface area contributed by atoms with Crippen LogP contribution in [0, 0.1) is 0 Å². The van der Waals surface area contributed by atoms with Gasteiger partial charge >= 0.3 is 0 Å². The third kappa shape index (κ3) is 3.51. The van der Waals surface area contributed by atoms with Gasteiger partial charge in [0, 0.05) is 17.3 Å².